The molecule has 0 fully saturated rings. The Kier molecular flexibility index (Phi) is 3.01. The van der Waals surface area contributed by atoms with E-state index in [1.165, 1.54) is 15.0 Å². The molecule has 1 heterocycles. The van der Waals surface area contributed by atoms with E-state index in [9.17, 15) is 0 Å². The van der Waals surface area contributed by atoms with Crippen molar-refractivity contribution < 1.29 is 4.58 Å². The normalized spacial score (nSPS) is 25.8. The van der Waals surface area contributed by atoms with Crippen LogP contribution < -0.4 is 0 Å². The molecule has 0 saturated heterocycles. The van der Waals surface area contributed by atoms with Crippen LogP contribution in [0.2, 0.25) is 0 Å². The summed E-state index contributed by atoms with van der Waals surface area (Å²) in [4.78, 5) is 2.38. The second-order valence-electron chi connectivity index (χ2n) is 4.78. The van der Waals surface area contributed by atoms with Crippen LogP contribution in [-0.4, -0.2) is 41.5 Å². The zero-order valence-corrected chi connectivity index (χ0v) is 12.7. The van der Waals surface area contributed by atoms with Gasteiger partial charge in [-0.3, -0.25) is 9.48 Å². The minimum atomic E-state index is 0.450. The second-order valence-corrected chi connectivity index (χ2v) is 5.94. The molecule has 18 heavy (non-hydrogen) atoms. The van der Waals surface area contributed by atoms with Crippen LogP contribution in [0.1, 0.15) is 5.56 Å². The summed E-state index contributed by atoms with van der Waals surface area (Å²) in [5.74, 6) is 1.31. The topological polar surface area (TPSA) is 6.25 Å². The van der Waals surface area contributed by atoms with Crippen molar-refractivity contribution in [2.45, 2.75) is 12.1 Å². The molecule has 0 saturated carbocycles. The SMILES string of the molecule is CN1C(c2ccccc2I)=[N+](C)C2C=CC=CC21. The zero-order valence-electron chi connectivity index (χ0n) is 10.5. The van der Waals surface area contributed by atoms with E-state index in [2.05, 4.69) is 94.7 Å². The van der Waals surface area contributed by atoms with Gasteiger partial charge in [0.15, 0.2) is 12.1 Å². The monoisotopic (exact) mass is 351 g/mol. The number of halogens is 1. The van der Waals surface area contributed by atoms with Crippen LogP contribution in [0.4, 0.5) is 0 Å². The van der Waals surface area contributed by atoms with Gasteiger partial charge >= 0.3 is 0 Å². The number of hydrogen-bond donors (Lipinski definition) is 0. The minimum absolute atomic E-state index is 0.450. The summed E-state index contributed by atoms with van der Waals surface area (Å²) in [5, 5.41) is 0. The Labute approximate surface area is 121 Å². The van der Waals surface area contributed by atoms with Gasteiger partial charge in [-0.25, -0.2) is 0 Å². The largest absolute Gasteiger partial charge is 0.281 e. The highest BCUT2D eigenvalue weighted by molar-refractivity contribution is 14.1. The van der Waals surface area contributed by atoms with Crippen LogP contribution in [0.15, 0.2) is 48.6 Å². The molecule has 2 aliphatic rings. The van der Waals surface area contributed by atoms with Crippen molar-refractivity contribution in [3.8, 4) is 0 Å². The number of hydrogen-bond acceptors (Lipinski definition) is 1. The number of amidine groups is 1. The van der Waals surface area contributed by atoms with Crippen LogP contribution in [0, 0.1) is 3.57 Å². The molecule has 2 unspecified atom stereocenters. The van der Waals surface area contributed by atoms with Crippen molar-refractivity contribution in [1.29, 1.82) is 0 Å². The predicted molar refractivity (Wildman–Crippen MR) is 83.1 cm³/mol. The molecular formula is C15H16IN2+. The first-order valence-corrected chi connectivity index (χ1v) is 7.20. The molecule has 92 valence electrons. The molecule has 1 aromatic rings. The lowest BCUT2D eigenvalue weighted by molar-refractivity contribution is -0.517. The molecule has 1 aliphatic carbocycles. The van der Waals surface area contributed by atoms with Crippen LogP contribution in [0.25, 0.3) is 0 Å². The van der Waals surface area contributed by atoms with Gasteiger partial charge in [-0.1, -0.05) is 24.3 Å². The van der Waals surface area contributed by atoms with Gasteiger partial charge in [0.2, 0.25) is 0 Å². The third kappa shape index (κ3) is 1.72. The Balaban J connectivity index is 2.12. The summed E-state index contributed by atoms with van der Waals surface area (Å²) in [6.45, 7) is 0. The van der Waals surface area contributed by atoms with Crippen molar-refractivity contribution >= 4 is 28.4 Å². The summed E-state index contributed by atoms with van der Waals surface area (Å²) in [6.07, 6.45) is 8.85. The third-order valence-electron chi connectivity index (χ3n) is 3.75. The molecule has 0 bridgehead atoms. The van der Waals surface area contributed by atoms with Crippen molar-refractivity contribution in [3.63, 3.8) is 0 Å². The zero-order chi connectivity index (χ0) is 12.7. The number of nitrogens with zero attached hydrogens (tertiary/aromatic N) is 2. The van der Waals surface area contributed by atoms with E-state index in [0.717, 1.165) is 0 Å². The smallest absolute Gasteiger partial charge is 0.253 e. The fourth-order valence-corrected chi connectivity index (χ4v) is 3.48. The lowest BCUT2D eigenvalue weighted by Crippen LogP contribution is -2.36. The fourth-order valence-electron chi connectivity index (χ4n) is 2.85. The van der Waals surface area contributed by atoms with Crippen LogP contribution in [0.3, 0.4) is 0 Å². The molecule has 0 aromatic heterocycles. The van der Waals surface area contributed by atoms with Gasteiger partial charge in [-0.2, -0.15) is 0 Å². The van der Waals surface area contributed by atoms with Crippen LogP contribution >= 0.6 is 22.6 Å². The first kappa shape index (κ1) is 12.0. The van der Waals surface area contributed by atoms with Gasteiger partial charge in [0.05, 0.1) is 19.7 Å². The first-order valence-electron chi connectivity index (χ1n) is 6.12. The maximum absolute atomic E-state index is 2.41. The van der Waals surface area contributed by atoms with E-state index < -0.39 is 0 Å². The van der Waals surface area contributed by atoms with Crippen molar-refractivity contribution in [3.05, 3.63) is 57.7 Å². The molecule has 0 radical (unpaired) electrons. The van der Waals surface area contributed by atoms with Gasteiger partial charge in [-0.05, 0) is 46.9 Å². The van der Waals surface area contributed by atoms with Crippen molar-refractivity contribution in [2.75, 3.05) is 14.1 Å². The molecular weight excluding hydrogens is 335 g/mol. The predicted octanol–water partition coefficient (Wildman–Crippen LogP) is 2.49. The van der Waals surface area contributed by atoms with Crippen molar-refractivity contribution in [2.24, 2.45) is 0 Å². The lowest BCUT2D eigenvalue weighted by atomic mass is 10.0. The van der Waals surface area contributed by atoms with E-state index in [1.807, 2.05) is 0 Å². The minimum Gasteiger partial charge on any atom is -0.253 e. The van der Waals surface area contributed by atoms with Crippen molar-refractivity contribution in [1.82, 2.24) is 4.90 Å². The Bertz CT molecular complexity index is 572. The highest BCUT2D eigenvalue weighted by Gasteiger charge is 2.43. The second kappa shape index (κ2) is 4.53. The number of likely N-dealkylation sites (N-methyl/N-ethyl adjacent to an activating group) is 2. The summed E-state index contributed by atoms with van der Waals surface area (Å²) in [7, 11) is 4.37. The third-order valence-corrected chi connectivity index (χ3v) is 4.70. The fraction of sp³-hybridized carbons (Fsp3) is 0.267. The Morgan fingerprint density at radius 3 is 2.61 bits per heavy atom. The van der Waals surface area contributed by atoms with E-state index in [4.69, 9.17) is 0 Å². The molecule has 0 spiro atoms. The van der Waals surface area contributed by atoms with Gasteiger partial charge in [0.1, 0.15) is 0 Å². The van der Waals surface area contributed by atoms with E-state index in [1.54, 1.807) is 0 Å². The molecule has 1 aliphatic heterocycles. The van der Waals surface area contributed by atoms with Gasteiger partial charge in [-0.15, -0.1) is 0 Å². The molecule has 0 N–H and O–H groups in total. The highest BCUT2D eigenvalue weighted by atomic mass is 127. The molecule has 2 nitrogen and oxygen atoms in total. The van der Waals surface area contributed by atoms with E-state index >= 15 is 0 Å². The van der Waals surface area contributed by atoms with Gasteiger partial charge in [0.25, 0.3) is 5.84 Å². The number of fused-ring (bicyclic) bond motifs is 1. The maximum Gasteiger partial charge on any atom is 0.281 e. The molecule has 3 rings (SSSR count). The molecule has 1 aromatic carbocycles. The first-order chi connectivity index (χ1) is 8.70. The summed E-state index contributed by atoms with van der Waals surface area (Å²) < 4.78 is 3.68. The number of benzene rings is 1. The van der Waals surface area contributed by atoms with Crippen LogP contribution in [0.5, 0.6) is 0 Å². The average Bonchev–Trinajstić information content (AvgIpc) is 2.64. The number of rotatable bonds is 1. The lowest BCUT2D eigenvalue weighted by Gasteiger charge is -2.17. The summed E-state index contributed by atoms with van der Waals surface area (Å²) in [6, 6.07) is 9.47. The molecule has 3 heteroatoms. The Hall–Kier alpha value is -1.10. The summed E-state index contributed by atoms with van der Waals surface area (Å²) in [5.41, 5.74) is 1.32. The Morgan fingerprint density at radius 2 is 1.89 bits per heavy atom. The highest BCUT2D eigenvalue weighted by Crippen LogP contribution is 2.25. The van der Waals surface area contributed by atoms with Crippen LogP contribution in [-0.2, 0) is 0 Å². The Morgan fingerprint density at radius 1 is 1.17 bits per heavy atom. The van der Waals surface area contributed by atoms with Gasteiger partial charge < -0.3 is 0 Å². The quantitative estimate of drug-likeness (QED) is 0.557. The standard InChI is InChI=1S/C15H16IN2/c1-17-13-9-5-6-10-14(13)18(2)15(17)11-7-3-4-8-12(11)16/h3-10,13-14H,1-2H3/q+1. The number of allylic oxidation sites excluding steroid dienone is 2. The molecule has 0 amide bonds. The van der Waals surface area contributed by atoms with E-state index in [0.29, 0.717) is 12.1 Å². The average molecular weight is 351 g/mol. The van der Waals surface area contributed by atoms with E-state index in [-0.39, 0.29) is 0 Å². The maximum atomic E-state index is 2.41. The molecule has 2 atom stereocenters. The summed E-state index contributed by atoms with van der Waals surface area (Å²) >= 11 is 2.41. The van der Waals surface area contributed by atoms with Gasteiger partial charge in [0, 0.05) is 3.57 Å².